The number of aliphatic hydroxyl groups is 1. The smallest absolute Gasteiger partial charge is 0.243 e. The first-order chi connectivity index (χ1) is 9.62. The van der Waals surface area contributed by atoms with Gasteiger partial charge in [-0.1, -0.05) is 13.0 Å². The standard InChI is InChI=1S/C15H22N4O/c1-11-6-8-15(10-20,9-7-11)17-14-16-13-5-3-4-12(2)19(13)18-14/h3-5,11,20H,6-10H2,1-2H3,(H,17,18). The fourth-order valence-electron chi connectivity index (χ4n) is 2.96. The van der Waals surface area contributed by atoms with Gasteiger partial charge in [0.2, 0.25) is 5.95 Å². The molecule has 0 unspecified atom stereocenters. The molecule has 2 heterocycles. The Morgan fingerprint density at radius 3 is 2.80 bits per heavy atom. The number of aryl methyl sites for hydroxylation is 1. The van der Waals surface area contributed by atoms with Gasteiger partial charge in [0.05, 0.1) is 12.1 Å². The van der Waals surface area contributed by atoms with Crippen LogP contribution in [0.1, 0.15) is 38.3 Å². The summed E-state index contributed by atoms with van der Waals surface area (Å²) < 4.78 is 1.83. The Hall–Kier alpha value is -1.62. The van der Waals surface area contributed by atoms with E-state index in [2.05, 4.69) is 22.3 Å². The minimum atomic E-state index is -0.259. The quantitative estimate of drug-likeness (QED) is 0.902. The van der Waals surface area contributed by atoms with Crippen molar-refractivity contribution in [2.45, 2.75) is 45.1 Å². The fourth-order valence-corrected chi connectivity index (χ4v) is 2.96. The lowest BCUT2D eigenvalue weighted by atomic mass is 9.77. The monoisotopic (exact) mass is 274 g/mol. The van der Waals surface area contributed by atoms with Gasteiger partial charge in [-0.15, -0.1) is 5.10 Å². The first-order valence-corrected chi connectivity index (χ1v) is 7.33. The van der Waals surface area contributed by atoms with Crippen molar-refractivity contribution >= 4 is 11.6 Å². The van der Waals surface area contributed by atoms with Crippen LogP contribution in [0.4, 0.5) is 5.95 Å². The zero-order valence-electron chi connectivity index (χ0n) is 12.1. The lowest BCUT2D eigenvalue weighted by Crippen LogP contribution is -2.45. The second kappa shape index (κ2) is 5.05. The lowest BCUT2D eigenvalue weighted by molar-refractivity contribution is 0.154. The number of hydrogen-bond acceptors (Lipinski definition) is 4. The number of hydrogen-bond donors (Lipinski definition) is 2. The summed E-state index contributed by atoms with van der Waals surface area (Å²) in [5.74, 6) is 1.36. The van der Waals surface area contributed by atoms with E-state index in [1.165, 1.54) is 0 Å². The Morgan fingerprint density at radius 2 is 2.15 bits per heavy atom. The van der Waals surface area contributed by atoms with Crippen molar-refractivity contribution in [3.8, 4) is 0 Å². The molecule has 0 bridgehead atoms. The molecule has 1 fully saturated rings. The minimum absolute atomic E-state index is 0.133. The molecule has 0 spiro atoms. The summed E-state index contributed by atoms with van der Waals surface area (Å²) in [4.78, 5) is 4.51. The summed E-state index contributed by atoms with van der Waals surface area (Å²) in [6.45, 7) is 4.41. The Morgan fingerprint density at radius 1 is 1.40 bits per heavy atom. The second-order valence-corrected chi connectivity index (χ2v) is 6.12. The molecule has 0 saturated heterocycles. The largest absolute Gasteiger partial charge is 0.394 e. The number of pyridine rings is 1. The van der Waals surface area contributed by atoms with E-state index < -0.39 is 0 Å². The lowest BCUT2D eigenvalue weighted by Gasteiger charge is -2.38. The van der Waals surface area contributed by atoms with E-state index in [4.69, 9.17) is 0 Å². The average Bonchev–Trinajstić information content (AvgIpc) is 2.86. The van der Waals surface area contributed by atoms with Gasteiger partial charge in [-0.05, 0) is 50.7 Å². The molecule has 2 aromatic heterocycles. The highest BCUT2D eigenvalue weighted by molar-refractivity contribution is 5.45. The van der Waals surface area contributed by atoms with Gasteiger partial charge in [0.15, 0.2) is 5.65 Å². The van der Waals surface area contributed by atoms with E-state index >= 15 is 0 Å². The molecule has 2 aromatic rings. The summed E-state index contributed by atoms with van der Waals surface area (Å²) in [5, 5.41) is 17.7. The van der Waals surface area contributed by atoms with Crippen molar-refractivity contribution in [2.75, 3.05) is 11.9 Å². The van der Waals surface area contributed by atoms with Crippen LogP contribution in [0, 0.1) is 12.8 Å². The molecule has 0 radical (unpaired) electrons. The molecule has 0 amide bonds. The summed E-state index contributed by atoms with van der Waals surface area (Å²) in [5.41, 5.74) is 1.63. The van der Waals surface area contributed by atoms with Crippen LogP contribution in [0.3, 0.4) is 0 Å². The second-order valence-electron chi connectivity index (χ2n) is 6.12. The molecular weight excluding hydrogens is 252 g/mol. The SMILES string of the molecule is Cc1cccc2nc(NC3(CO)CCC(C)CC3)nn12. The van der Waals surface area contributed by atoms with Gasteiger partial charge in [0.25, 0.3) is 0 Å². The molecular formula is C15H22N4O. The highest BCUT2D eigenvalue weighted by atomic mass is 16.3. The molecule has 1 aliphatic rings. The third-order valence-corrected chi connectivity index (χ3v) is 4.46. The Bertz CT molecular complexity index is 599. The van der Waals surface area contributed by atoms with Crippen molar-refractivity contribution in [3.05, 3.63) is 23.9 Å². The number of aromatic nitrogens is 3. The maximum absolute atomic E-state index is 9.79. The Balaban J connectivity index is 1.86. The van der Waals surface area contributed by atoms with Gasteiger partial charge in [-0.2, -0.15) is 4.98 Å². The van der Waals surface area contributed by atoms with Gasteiger partial charge >= 0.3 is 0 Å². The zero-order chi connectivity index (χ0) is 14.2. The maximum Gasteiger partial charge on any atom is 0.243 e. The van der Waals surface area contributed by atoms with Gasteiger partial charge in [0.1, 0.15) is 0 Å². The van der Waals surface area contributed by atoms with Crippen LogP contribution >= 0.6 is 0 Å². The predicted octanol–water partition coefficient (Wildman–Crippen LogP) is 2.39. The van der Waals surface area contributed by atoms with Crippen LogP contribution < -0.4 is 5.32 Å². The summed E-state index contributed by atoms with van der Waals surface area (Å²) in [6.07, 6.45) is 4.22. The Labute approximate surface area is 119 Å². The van der Waals surface area contributed by atoms with Crippen LogP contribution in [-0.4, -0.2) is 31.9 Å². The molecule has 2 N–H and O–H groups in total. The van der Waals surface area contributed by atoms with Gasteiger partial charge in [-0.25, -0.2) is 4.52 Å². The Kier molecular flexibility index (Phi) is 3.38. The first kappa shape index (κ1) is 13.4. The molecule has 5 heteroatoms. The van der Waals surface area contributed by atoms with Crippen LogP contribution in [0.15, 0.2) is 18.2 Å². The number of anilines is 1. The van der Waals surface area contributed by atoms with Crippen LogP contribution in [0.2, 0.25) is 0 Å². The third kappa shape index (κ3) is 2.38. The molecule has 20 heavy (non-hydrogen) atoms. The molecule has 3 rings (SSSR count). The normalized spacial score (nSPS) is 26.9. The minimum Gasteiger partial charge on any atom is -0.394 e. The number of nitrogens with one attached hydrogen (secondary N) is 1. The molecule has 5 nitrogen and oxygen atoms in total. The predicted molar refractivity (Wildman–Crippen MR) is 78.8 cm³/mol. The molecule has 108 valence electrons. The topological polar surface area (TPSA) is 62.5 Å². The van der Waals surface area contributed by atoms with E-state index in [1.54, 1.807) is 0 Å². The van der Waals surface area contributed by atoms with Gasteiger partial charge in [-0.3, -0.25) is 0 Å². The first-order valence-electron chi connectivity index (χ1n) is 7.33. The van der Waals surface area contributed by atoms with Crippen molar-refractivity contribution in [3.63, 3.8) is 0 Å². The number of fused-ring (bicyclic) bond motifs is 1. The molecule has 0 aliphatic heterocycles. The third-order valence-electron chi connectivity index (χ3n) is 4.46. The van der Waals surface area contributed by atoms with Crippen LogP contribution in [0.25, 0.3) is 5.65 Å². The van der Waals surface area contributed by atoms with Crippen molar-refractivity contribution in [2.24, 2.45) is 5.92 Å². The van der Waals surface area contributed by atoms with Crippen molar-refractivity contribution in [1.82, 2.24) is 14.6 Å². The van der Waals surface area contributed by atoms with E-state index in [1.807, 2.05) is 29.6 Å². The molecule has 1 aliphatic carbocycles. The maximum atomic E-state index is 9.79. The molecule has 0 atom stereocenters. The number of rotatable bonds is 3. The summed E-state index contributed by atoms with van der Waals surface area (Å²) in [7, 11) is 0. The zero-order valence-corrected chi connectivity index (χ0v) is 12.1. The molecule has 0 aromatic carbocycles. The molecule has 1 saturated carbocycles. The van der Waals surface area contributed by atoms with Crippen LogP contribution in [0.5, 0.6) is 0 Å². The van der Waals surface area contributed by atoms with Gasteiger partial charge < -0.3 is 10.4 Å². The van der Waals surface area contributed by atoms with Crippen LogP contribution in [-0.2, 0) is 0 Å². The van der Waals surface area contributed by atoms with E-state index in [-0.39, 0.29) is 12.1 Å². The van der Waals surface area contributed by atoms with Gasteiger partial charge in [0, 0.05) is 5.69 Å². The fraction of sp³-hybridized carbons (Fsp3) is 0.600. The highest BCUT2D eigenvalue weighted by Crippen LogP contribution is 2.33. The van der Waals surface area contributed by atoms with E-state index in [9.17, 15) is 5.11 Å². The van der Waals surface area contributed by atoms with Crippen molar-refractivity contribution in [1.29, 1.82) is 0 Å². The van der Waals surface area contributed by atoms with E-state index in [0.29, 0.717) is 5.95 Å². The number of nitrogens with zero attached hydrogens (tertiary/aromatic N) is 3. The van der Waals surface area contributed by atoms with E-state index in [0.717, 1.165) is 42.9 Å². The number of aliphatic hydroxyl groups excluding tert-OH is 1. The summed E-state index contributed by atoms with van der Waals surface area (Å²) in [6, 6.07) is 5.93. The average molecular weight is 274 g/mol. The highest BCUT2D eigenvalue weighted by Gasteiger charge is 2.34. The summed E-state index contributed by atoms with van der Waals surface area (Å²) >= 11 is 0. The van der Waals surface area contributed by atoms with Crippen molar-refractivity contribution < 1.29 is 5.11 Å².